The first-order valence-corrected chi connectivity index (χ1v) is 22.0. The number of amides is 3. The highest BCUT2D eigenvalue weighted by Gasteiger charge is 2.42. The van der Waals surface area contributed by atoms with Crippen molar-refractivity contribution in [2.45, 2.75) is 80.3 Å². The number of unbranched alkanes of at least 4 members (excludes halogenated alkanes) is 1. The molecule has 3 aliphatic heterocycles. The number of hydrogen-bond donors (Lipinski definition) is 4. The third-order valence-electron chi connectivity index (χ3n) is 9.36. The van der Waals surface area contributed by atoms with E-state index in [1.807, 2.05) is 25.6 Å². The van der Waals surface area contributed by atoms with Crippen LogP contribution in [0.5, 0.6) is 11.8 Å². The van der Waals surface area contributed by atoms with E-state index in [9.17, 15) is 14.4 Å². The molecule has 3 atom stereocenters. The van der Waals surface area contributed by atoms with Crippen molar-refractivity contribution in [1.82, 2.24) is 35.5 Å². The van der Waals surface area contributed by atoms with Gasteiger partial charge < -0.3 is 55.0 Å². The number of nitrogens with two attached hydrogens (primary N) is 1. The van der Waals surface area contributed by atoms with Crippen molar-refractivity contribution in [2.24, 2.45) is 0 Å². The van der Waals surface area contributed by atoms with Crippen molar-refractivity contribution in [1.29, 1.82) is 0 Å². The van der Waals surface area contributed by atoms with Crippen LogP contribution in [0.2, 0.25) is 0 Å². The standard InChI is InChI=1S/C37H58N10O9S2/c1-4-29(48)41-28-23-27(38)40-37(42-28)58-32-33(54-5-2)44-35(45-34(32)55-6-3)47-13-11-46(12-14-47)15-16-51-17-18-52-19-20-53-21-22-56-30(49)10-8-7-9-26-31-25(24-57-26)39-36(50)43-31/h23,25-26,31H,4-22,24H2,1-3H3,(H2,39,43,50)(H3,38,40,41,42,48)/t25-,26-,31-/m0/s1. The molecule has 2 aromatic heterocycles. The number of fused-ring (bicyclic) bond motifs is 1. The Hall–Kier alpha value is -3.89. The number of anilines is 3. The van der Waals surface area contributed by atoms with Gasteiger partial charge in [0.2, 0.25) is 23.6 Å². The molecule has 3 saturated heterocycles. The van der Waals surface area contributed by atoms with Crippen molar-refractivity contribution in [2.75, 3.05) is 114 Å². The second-order valence-electron chi connectivity index (χ2n) is 13.5. The Kier molecular flexibility index (Phi) is 18.9. The van der Waals surface area contributed by atoms with E-state index in [1.54, 1.807) is 6.92 Å². The van der Waals surface area contributed by atoms with Gasteiger partial charge in [-0.15, -0.1) is 0 Å². The maximum atomic E-state index is 12.0. The van der Waals surface area contributed by atoms with E-state index >= 15 is 0 Å². The zero-order chi connectivity index (χ0) is 41.1. The van der Waals surface area contributed by atoms with Crippen LogP contribution in [0.1, 0.15) is 52.9 Å². The zero-order valence-corrected chi connectivity index (χ0v) is 35.3. The molecule has 19 nitrogen and oxygen atoms in total. The lowest BCUT2D eigenvalue weighted by molar-refractivity contribution is -0.145. The minimum atomic E-state index is -0.212. The van der Waals surface area contributed by atoms with Gasteiger partial charge in [0, 0.05) is 62.6 Å². The second kappa shape index (κ2) is 24.3. The molecule has 0 saturated carbocycles. The molecule has 5 heterocycles. The molecule has 0 bridgehead atoms. The van der Waals surface area contributed by atoms with Gasteiger partial charge in [-0.1, -0.05) is 13.3 Å². The predicted molar refractivity (Wildman–Crippen MR) is 220 cm³/mol. The number of carbonyl (C=O) groups is 3. The van der Waals surface area contributed by atoms with Gasteiger partial charge in [-0.25, -0.2) is 14.8 Å². The van der Waals surface area contributed by atoms with Gasteiger partial charge in [-0.2, -0.15) is 21.7 Å². The Morgan fingerprint density at radius 3 is 2.24 bits per heavy atom. The van der Waals surface area contributed by atoms with Gasteiger partial charge in [0.25, 0.3) is 0 Å². The van der Waals surface area contributed by atoms with E-state index in [0.29, 0.717) is 118 Å². The van der Waals surface area contributed by atoms with Crippen LogP contribution >= 0.6 is 23.5 Å². The van der Waals surface area contributed by atoms with Gasteiger partial charge >= 0.3 is 12.0 Å². The predicted octanol–water partition coefficient (Wildman–Crippen LogP) is 2.59. The number of nitrogen functional groups attached to an aromatic ring is 1. The second-order valence-corrected chi connectivity index (χ2v) is 15.8. The van der Waals surface area contributed by atoms with Crippen LogP contribution in [0, 0.1) is 0 Å². The summed E-state index contributed by atoms with van der Waals surface area (Å²) < 4.78 is 34.1. The van der Waals surface area contributed by atoms with Crippen LogP contribution in [-0.4, -0.2) is 158 Å². The number of rotatable bonds is 26. The lowest BCUT2D eigenvalue weighted by atomic mass is 10.0. The monoisotopic (exact) mass is 850 g/mol. The van der Waals surface area contributed by atoms with Crippen molar-refractivity contribution >= 4 is 59.0 Å². The highest BCUT2D eigenvalue weighted by atomic mass is 32.2. The van der Waals surface area contributed by atoms with E-state index in [-0.39, 0.29) is 42.4 Å². The number of ether oxygens (including phenoxy) is 6. The molecule has 0 unspecified atom stereocenters. The van der Waals surface area contributed by atoms with Crippen LogP contribution < -0.4 is 36.1 Å². The van der Waals surface area contributed by atoms with E-state index in [4.69, 9.17) is 44.1 Å². The molecule has 0 aliphatic carbocycles. The van der Waals surface area contributed by atoms with Gasteiger partial charge in [-0.3, -0.25) is 14.5 Å². The quantitative estimate of drug-likeness (QED) is 0.0462. The fourth-order valence-corrected chi connectivity index (χ4v) is 8.83. The Morgan fingerprint density at radius 2 is 1.57 bits per heavy atom. The van der Waals surface area contributed by atoms with E-state index in [0.717, 1.165) is 56.4 Å². The lowest BCUT2D eigenvalue weighted by Crippen LogP contribution is -2.48. The van der Waals surface area contributed by atoms with Crippen molar-refractivity contribution in [3.8, 4) is 11.8 Å². The van der Waals surface area contributed by atoms with Crippen molar-refractivity contribution < 1.29 is 42.8 Å². The Balaban J connectivity index is 0.907. The third-order valence-corrected chi connectivity index (χ3v) is 11.8. The number of nitrogens with zero attached hydrogens (tertiary/aromatic N) is 6. The molecule has 2 aromatic rings. The van der Waals surface area contributed by atoms with E-state index in [1.165, 1.54) is 6.07 Å². The summed E-state index contributed by atoms with van der Waals surface area (Å²) in [5, 5.41) is 9.37. The highest BCUT2D eigenvalue weighted by Crippen LogP contribution is 2.40. The molecule has 3 amide bonds. The van der Waals surface area contributed by atoms with Crippen LogP contribution in [-0.2, 0) is 28.5 Å². The fourth-order valence-electron chi connectivity index (χ4n) is 6.42. The normalized spacial score (nSPS) is 19.1. The molecule has 3 fully saturated rings. The maximum absolute atomic E-state index is 12.0. The average molecular weight is 851 g/mol. The number of aromatic nitrogens is 4. The molecule has 0 radical (unpaired) electrons. The first kappa shape index (κ1) is 45.2. The lowest BCUT2D eigenvalue weighted by Gasteiger charge is -2.34. The molecule has 0 spiro atoms. The number of esters is 1. The molecule has 58 heavy (non-hydrogen) atoms. The molecule has 3 aliphatic rings. The third kappa shape index (κ3) is 14.4. The summed E-state index contributed by atoms with van der Waals surface area (Å²) in [6.45, 7) is 13.0. The van der Waals surface area contributed by atoms with Crippen molar-refractivity contribution in [3.63, 3.8) is 0 Å². The fraction of sp³-hybridized carbons (Fsp3) is 0.703. The minimum absolute atomic E-state index is 0.0745. The number of piperazine rings is 1. The molecule has 5 N–H and O–H groups in total. The van der Waals surface area contributed by atoms with E-state index < -0.39 is 0 Å². The summed E-state index contributed by atoms with van der Waals surface area (Å²) in [5.41, 5.74) is 6.02. The summed E-state index contributed by atoms with van der Waals surface area (Å²) in [6, 6.07) is 1.85. The summed E-state index contributed by atoms with van der Waals surface area (Å²) in [5.74, 6) is 2.28. The van der Waals surface area contributed by atoms with Crippen LogP contribution in [0.25, 0.3) is 0 Å². The number of nitrogens with one attached hydrogen (secondary N) is 3. The largest absolute Gasteiger partial charge is 0.477 e. The molecule has 322 valence electrons. The summed E-state index contributed by atoms with van der Waals surface area (Å²) in [6.07, 6.45) is 3.37. The van der Waals surface area contributed by atoms with Gasteiger partial charge in [0.1, 0.15) is 23.1 Å². The molecule has 0 aromatic carbocycles. The summed E-state index contributed by atoms with van der Waals surface area (Å²) in [4.78, 5) is 58.8. The SMILES string of the molecule is CCOc1nc(N2CCN(CCOCCOCCOCCOC(=O)CCCC[C@@H]3SC[C@@H]4NC(=O)N[C@@H]43)CC2)nc(OCC)c1Sc1nc(N)cc(NC(=O)CC)n1. The first-order chi connectivity index (χ1) is 28.3. The zero-order valence-electron chi connectivity index (χ0n) is 33.7. The maximum Gasteiger partial charge on any atom is 0.315 e. The van der Waals surface area contributed by atoms with Gasteiger partial charge in [0.05, 0.1) is 64.9 Å². The average Bonchev–Trinajstić information content (AvgIpc) is 3.77. The molecule has 5 rings (SSSR count). The van der Waals surface area contributed by atoms with Crippen molar-refractivity contribution in [3.05, 3.63) is 6.07 Å². The molecular weight excluding hydrogens is 793 g/mol. The Labute approximate surface area is 348 Å². The first-order valence-electron chi connectivity index (χ1n) is 20.1. The molecule has 21 heteroatoms. The Morgan fingerprint density at radius 1 is 0.897 bits per heavy atom. The van der Waals surface area contributed by atoms with Crippen LogP contribution in [0.15, 0.2) is 16.1 Å². The van der Waals surface area contributed by atoms with Crippen LogP contribution in [0.3, 0.4) is 0 Å². The smallest absolute Gasteiger partial charge is 0.315 e. The topological polar surface area (TPSA) is 227 Å². The van der Waals surface area contributed by atoms with Crippen LogP contribution in [0.4, 0.5) is 22.4 Å². The van der Waals surface area contributed by atoms with E-state index in [2.05, 4.69) is 35.7 Å². The number of carbonyl (C=O) groups excluding carboxylic acids is 3. The van der Waals surface area contributed by atoms with Gasteiger partial charge in [-0.05, 0) is 38.5 Å². The number of urea groups is 1. The highest BCUT2D eigenvalue weighted by molar-refractivity contribution is 8.00. The minimum Gasteiger partial charge on any atom is -0.477 e. The number of thioether (sulfide) groups is 1. The molecular formula is C37H58N10O9S2. The number of hydrogen-bond acceptors (Lipinski definition) is 18. The Bertz CT molecular complexity index is 1600. The summed E-state index contributed by atoms with van der Waals surface area (Å²) >= 11 is 3.04. The summed E-state index contributed by atoms with van der Waals surface area (Å²) in [7, 11) is 0. The van der Waals surface area contributed by atoms with Gasteiger partial charge in [0.15, 0.2) is 5.16 Å².